The van der Waals surface area contributed by atoms with Crippen molar-refractivity contribution in [1.29, 1.82) is 0 Å². The minimum Gasteiger partial charge on any atom is -0.507 e. The molecule has 3 aromatic rings. The number of phenols is 1. The van der Waals surface area contributed by atoms with E-state index in [-0.39, 0.29) is 71.4 Å². The van der Waals surface area contributed by atoms with E-state index in [0.29, 0.717) is 17.1 Å². The molecule has 43 heavy (non-hydrogen) atoms. The molecule has 0 spiro atoms. The minimum absolute atomic E-state index is 0.0446. The molecule has 0 saturated carbocycles. The average Bonchev–Trinajstić information content (AvgIpc) is 2.93. The van der Waals surface area contributed by atoms with Gasteiger partial charge in [-0.2, -0.15) is 4.31 Å². The maximum absolute atomic E-state index is 13.6. The molecule has 10 nitrogen and oxygen atoms in total. The van der Waals surface area contributed by atoms with Gasteiger partial charge in [-0.15, -0.1) is 0 Å². The molecule has 0 bridgehead atoms. The molecule has 11 heteroatoms. The fourth-order valence-corrected chi connectivity index (χ4v) is 5.74. The van der Waals surface area contributed by atoms with E-state index in [9.17, 15) is 28.5 Å². The van der Waals surface area contributed by atoms with Crippen LogP contribution in [-0.2, 0) is 10.0 Å². The highest BCUT2D eigenvalue weighted by atomic mass is 32.2. The van der Waals surface area contributed by atoms with Crippen molar-refractivity contribution in [2.75, 3.05) is 33.4 Å². The highest BCUT2D eigenvalue weighted by Gasteiger charge is 2.26. The first-order valence-corrected chi connectivity index (χ1v) is 15.3. The van der Waals surface area contributed by atoms with Crippen LogP contribution >= 0.6 is 0 Å². The molecule has 0 amide bonds. The van der Waals surface area contributed by atoms with Crippen molar-refractivity contribution in [3.63, 3.8) is 0 Å². The van der Waals surface area contributed by atoms with Gasteiger partial charge in [-0.1, -0.05) is 44.5 Å². The number of methoxy groups -OCH3 is 1. The number of rotatable bonds is 14. The van der Waals surface area contributed by atoms with Crippen LogP contribution in [0.5, 0.6) is 23.0 Å². The van der Waals surface area contributed by atoms with Gasteiger partial charge in [0.2, 0.25) is 10.0 Å². The van der Waals surface area contributed by atoms with Crippen LogP contribution in [0.15, 0.2) is 59.5 Å². The zero-order valence-electron chi connectivity index (χ0n) is 25.5. The zero-order chi connectivity index (χ0) is 31.9. The Morgan fingerprint density at radius 1 is 0.884 bits per heavy atom. The van der Waals surface area contributed by atoms with E-state index >= 15 is 0 Å². The second-order valence-corrected chi connectivity index (χ2v) is 13.4. The lowest BCUT2D eigenvalue weighted by Gasteiger charge is -2.23. The monoisotopic (exact) mass is 615 g/mol. The van der Waals surface area contributed by atoms with Gasteiger partial charge in [0.05, 0.1) is 17.6 Å². The molecule has 0 aliphatic rings. The number of aliphatic hydroxyl groups excluding tert-OH is 1. The Hall–Kier alpha value is -3.64. The van der Waals surface area contributed by atoms with Gasteiger partial charge < -0.3 is 29.5 Å². The van der Waals surface area contributed by atoms with Crippen LogP contribution in [0.4, 0.5) is 0 Å². The summed E-state index contributed by atoms with van der Waals surface area (Å²) in [7, 11) is -2.51. The standard InChI is InChI=1S/C32H41NO9S/c1-21-7-10-24(11-8-21)43(38,39)33(16-18-42-29-19-23(31(36)37)9-13-28(29)40-6)15-17-41-27-14-12-25(30(35)22(27)2)26(34)20-32(3,4)5/h7-14,19,31,35-37H,15-18,20H2,1-6H3. The lowest BCUT2D eigenvalue weighted by molar-refractivity contribution is -0.0426. The van der Waals surface area contributed by atoms with E-state index in [2.05, 4.69) is 0 Å². The Labute approximate surface area is 253 Å². The second kappa shape index (κ2) is 14.2. The van der Waals surface area contributed by atoms with Crippen molar-refractivity contribution in [2.45, 2.75) is 52.2 Å². The molecule has 0 unspecified atom stereocenters. The van der Waals surface area contributed by atoms with Crippen LogP contribution < -0.4 is 14.2 Å². The summed E-state index contributed by atoms with van der Waals surface area (Å²) in [5, 5.41) is 29.7. The molecule has 0 aliphatic carbocycles. The number of hydrogen-bond donors (Lipinski definition) is 3. The molecular weight excluding hydrogens is 574 g/mol. The van der Waals surface area contributed by atoms with Gasteiger partial charge in [0.15, 0.2) is 23.6 Å². The van der Waals surface area contributed by atoms with Crippen molar-refractivity contribution in [3.05, 3.63) is 76.9 Å². The molecule has 0 heterocycles. The van der Waals surface area contributed by atoms with Gasteiger partial charge in [-0.25, -0.2) is 8.42 Å². The van der Waals surface area contributed by atoms with Crippen LogP contribution in [0.3, 0.4) is 0 Å². The number of aromatic hydroxyl groups is 1. The summed E-state index contributed by atoms with van der Waals surface area (Å²) in [4.78, 5) is 12.8. The van der Waals surface area contributed by atoms with Crippen LogP contribution in [0, 0.1) is 19.3 Å². The van der Waals surface area contributed by atoms with Gasteiger partial charge in [-0.3, -0.25) is 4.79 Å². The van der Waals surface area contributed by atoms with Crippen LogP contribution in [-0.4, -0.2) is 67.2 Å². The molecule has 0 radical (unpaired) electrons. The molecule has 0 aromatic heterocycles. The number of nitrogens with zero attached hydrogens (tertiary/aromatic N) is 1. The first-order valence-electron chi connectivity index (χ1n) is 13.9. The zero-order valence-corrected chi connectivity index (χ0v) is 26.3. The molecule has 0 saturated heterocycles. The fourth-order valence-electron chi connectivity index (χ4n) is 4.33. The summed E-state index contributed by atoms with van der Waals surface area (Å²) >= 11 is 0. The molecule has 3 rings (SSSR count). The topological polar surface area (TPSA) is 143 Å². The van der Waals surface area contributed by atoms with E-state index < -0.39 is 16.3 Å². The first kappa shape index (κ1) is 33.9. The smallest absolute Gasteiger partial charge is 0.243 e. The maximum atomic E-state index is 13.6. The molecule has 234 valence electrons. The third-order valence-corrected chi connectivity index (χ3v) is 8.63. The highest BCUT2D eigenvalue weighted by Crippen LogP contribution is 2.34. The number of phenolic OH excluding ortho intramolecular Hbond substituents is 1. The van der Waals surface area contributed by atoms with Gasteiger partial charge >= 0.3 is 0 Å². The molecule has 3 N–H and O–H groups in total. The predicted octanol–water partition coefficient (Wildman–Crippen LogP) is 4.77. The van der Waals surface area contributed by atoms with Crippen molar-refractivity contribution < 1.29 is 42.7 Å². The Balaban J connectivity index is 1.78. The third-order valence-electron chi connectivity index (χ3n) is 6.71. The number of Topliss-reactive ketones (excluding diaryl/α,β-unsaturated/α-hetero) is 1. The highest BCUT2D eigenvalue weighted by molar-refractivity contribution is 7.89. The summed E-state index contributed by atoms with van der Waals surface area (Å²) in [6, 6.07) is 14.0. The molecule has 0 aliphatic heterocycles. The van der Waals surface area contributed by atoms with Crippen LogP contribution in [0.1, 0.15) is 60.5 Å². The molecule has 0 atom stereocenters. The maximum Gasteiger partial charge on any atom is 0.243 e. The summed E-state index contributed by atoms with van der Waals surface area (Å²) in [5.41, 5.74) is 1.47. The quantitative estimate of drug-likeness (QED) is 0.173. The van der Waals surface area contributed by atoms with E-state index in [4.69, 9.17) is 14.2 Å². The third kappa shape index (κ3) is 8.93. The number of aryl methyl sites for hydroxylation is 1. The van der Waals surface area contributed by atoms with Crippen molar-refractivity contribution in [1.82, 2.24) is 4.31 Å². The van der Waals surface area contributed by atoms with Crippen molar-refractivity contribution in [2.24, 2.45) is 5.41 Å². The molecule has 3 aromatic carbocycles. The van der Waals surface area contributed by atoms with Crippen molar-refractivity contribution >= 4 is 15.8 Å². The van der Waals surface area contributed by atoms with Gasteiger partial charge in [0, 0.05) is 30.6 Å². The van der Waals surface area contributed by atoms with Crippen molar-refractivity contribution in [3.8, 4) is 23.0 Å². The normalized spacial score (nSPS) is 12.0. The van der Waals surface area contributed by atoms with E-state index in [1.165, 1.54) is 47.8 Å². The van der Waals surface area contributed by atoms with Gasteiger partial charge in [0.1, 0.15) is 24.7 Å². The number of benzene rings is 3. The lowest BCUT2D eigenvalue weighted by atomic mass is 9.87. The average molecular weight is 616 g/mol. The Morgan fingerprint density at radius 2 is 1.47 bits per heavy atom. The number of ketones is 1. The predicted molar refractivity (Wildman–Crippen MR) is 162 cm³/mol. The van der Waals surface area contributed by atoms with Gasteiger partial charge in [-0.05, 0) is 55.7 Å². The Kier molecular flexibility index (Phi) is 11.2. The van der Waals surface area contributed by atoms with Gasteiger partial charge in [0.25, 0.3) is 0 Å². The van der Waals surface area contributed by atoms with Crippen LogP contribution in [0.2, 0.25) is 0 Å². The Morgan fingerprint density at radius 3 is 2.02 bits per heavy atom. The van der Waals surface area contributed by atoms with Crippen LogP contribution in [0.25, 0.3) is 0 Å². The summed E-state index contributed by atoms with van der Waals surface area (Å²) in [6.07, 6.45) is -1.44. The SMILES string of the molecule is COc1ccc(C(O)O)cc1OCCN(CCOc1ccc(C(=O)CC(C)(C)C)c(O)c1C)S(=O)(=O)c1ccc(C)cc1. The number of carbonyl (C=O) groups excluding carboxylic acids is 1. The number of hydrogen-bond acceptors (Lipinski definition) is 9. The summed E-state index contributed by atoms with van der Waals surface area (Å²) in [6.45, 7) is 9.12. The molecule has 0 fully saturated rings. The molecular formula is C32H41NO9S. The first-order chi connectivity index (χ1) is 20.1. The lowest BCUT2D eigenvalue weighted by Crippen LogP contribution is -2.37. The summed E-state index contributed by atoms with van der Waals surface area (Å²) in [5.74, 6) is 0.571. The number of carbonyl (C=O) groups is 1. The number of aliphatic hydroxyl groups is 2. The van der Waals surface area contributed by atoms with E-state index in [1.54, 1.807) is 25.1 Å². The minimum atomic E-state index is -3.95. The van der Waals surface area contributed by atoms with E-state index in [0.717, 1.165) is 5.56 Å². The van der Waals surface area contributed by atoms with E-state index in [1.807, 2.05) is 27.7 Å². The number of sulfonamides is 1. The summed E-state index contributed by atoms with van der Waals surface area (Å²) < 4.78 is 45.4. The Bertz CT molecular complexity index is 1510. The number of ether oxygens (including phenoxy) is 3. The fraction of sp³-hybridized carbons (Fsp3) is 0.406. The largest absolute Gasteiger partial charge is 0.507 e. The second-order valence-electron chi connectivity index (χ2n) is 11.4.